The molecule has 4 aromatic rings. The van der Waals surface area contributed by atoms with E-state index in [1.165, 1.54) is 0 Å². The highest BCUT2D eigenvalue weighted by atomic mass is 19.1. The molecule has 0 aliphatic carbocycles. The van der Waals surface area contributed by atoms with Crippen molar-refractivity contribution in [2.75, 3.05) is 32.9 Å². The predicted molar refractivity (Wildman–Crippen MR) is 137 cm³/mol. The molecule has 0 amide bonds. The molecule has 0 unspecified atom stereocenters. The monoisotopic (exact) mass is 474 g/mol. The van der Waals surface area contributed by atoms with Gasteiger partial charge in [-0.1, -0.05) is 12.1 Å². The fraction of sp³-hybridized carbons (Fsp3) is 0.310. The van der Waals surface area contributed by atoms with E-state index in [1.807, 2.05) is 43.3 Å². The summed E-state index contributed by atoms with van der Waals surface area (Å²) in [5, 5.41) is 21.1. The van der Waals surface area contributed by atoms with Crippen LogP contribution in [0, 0.1) is 19.8 Å². The number of aromatic hydroxyl groups is 2. The second kappa shape index (κ2) is 9.62. The summed E-state index contributed by atoms with van der Waals surface area (Å²) >= 11 is 0. The van der Waals surface area contributed by atoms with Gasteiger partial charge in [-0.2, -0.15) is 0 Å². The topological polar surface area (TPSA) is 57.9 Å². The second-order valence-electron chi connectivity index (χ2n) is 9.53. The van der Waals surface area contributed by atoms with Crippen LogP contribution in [0.1, 0.15) is 16.7 Å². The number of fused-ring (bicyclic) bond motifs is 1. The molecule has 1 aliphatic heterocycles. The van der Waals surface area contributed by atoms with E-state index in [4.69, 9.17) is 4.74 Å². The number of nitrogens with zero attached hydrogens (tertiary/aromatic N) is 2. The summed E-state index contributed by atoms with van der Waals surface area (Å²) < 4.78 is 20.7. The van der Waals surface area contributed by atoms with Crippen molar-refractivity contribution in [3.8, 4) is 28.5 Å². The Morgan fingerprint density at radius 2 is 1.74 bits per heavy atom. The normalized spacial score (nSPS) is 14.4. The van der Waals surface area contributed by atoms with Gasteiger partial charge in [-0.25, -0.2) is 0 Å². The standard InChI is InChI=1S/C29H31FN2O3/c1-19-13-23(5-10-28(19)34)29-20(2)26-14-24(33)6-9-27(26)32(29)18-21-3-7-25(8-4-21)35-12-11-31-16-22(15-30)17-31/h3-10,13-14,22,33-34H,11-12,15-18H2,1-2H3. The highest BCUT2D eigenvalue weighted by molar-refractivity contribution is 5.92. The molecule has 182 valence electrons. The SMILES string of the molecule is Cc1cc(-c2c(C)c3cc(O)ccc3n2Cc2ccc(OCCN3CC(CF)C3)cc2)ccc1O. The van der Waals surface area contributed by atoms with E-state index < -0.39 is 0 Å². The highest BCUT2D eigenvalue weighted by Crippen LogP contribution is 2.37. The fourth-order valence-electron chi connectivity index (χ4n) is 4.97. The average Bonchev–Trinajstić information content (AvgIpc) is 3.09. The number of hydrogen-bond donors (Lipinski definition) is 2. The van der Waals surface area contributed by atoms with Crippen LogP contribution >= 0.6 is 0 Å². The zero-order valence-electron chi connectivity index (χ0n) is 20.2. The van der Waals surface area contributed by atoms with Crippen molar-refractivity contribution in [1.82, 2.24) is 9.47 Å². The third-order valence-electron chi connectivity index (χ3n) is 6.96. The molecule has 1 aromatic heterocycles. The summed E-state index contributed by atoms with van der Waals surface area (Å²) in [6.07, 6.45) is 0. The van der Waals surface area contributed by atoms with Gasteiger partial charge in [0.25, 0.3) is 0 Å². The first-order chi connectivity index (χ1) is 16.9. The Morgan fingerprint density at radius 1 is 0.971 bits per heavy atom. The number of likely N-dealkylation sites (tertiary alicyclic amines) is 1. The first kappa shape index (κ1) is 23.2. The molecule has 1 aliphatic rings. The van der Waals surface area contributed by atoms with Gasteiger partial charge in [0.15, 0.2) is 0 Å². The number of alkyl halides is 1. The van der Waals surface area contributed by atoms with Crippen LogP contribution in [0.5, 0.6) is 17.2 Å². The molecular formula is C29H31FN2O3. The lowest BCUT2D eigenvalue weighted by atomic mass is 10.0. The number of halogens is 1. The van der Waals surface area contributed by atoms with Gasteiger partial charge in [0.05, 0.1) is 12.4 Å². The van der Waals surface area contributed by atoms with Gasteiger partial charge < -0.3 is 19.5 Å². The van der Waals surface area contributed by atoms with Crippen LogP contribution in [0.25, 0.3) is 22.2 Å². The van der Waals surface area contributed by atoms with Gasteiger partial charge in [-0.15, -0.1) is 0 Å². The molecule has 6 heteroatoms. The van der Waals surface area contributed by atoms with Gasteiger partial charge in [-0.3, -0.25) is 9.29 Å². The quantitative estimate of drug-likeness (QED) is 0.346. The van der Waals surface area contributed by atoms with Crippen molar-refractivity contribution < 1.29 is 19.3 Å². The molecule has 2 heterocycles. The molecule has 0 bridgehead atoms. The van der Waals surface area contributed by atoms with Crippen molar-refractivity contribution in [1.29, 1.82) is 0 Å². The second-order valence-corrected chi connectivity index (χ2v) is 9.53. The third-order valence-corrected chi connectivity index (χ3v) is 6.96. The molecule has 0 radical (unpaired) electrons. The van der Waals surface area contributed by atoms with E-state index in [9.17, 15) is 14.6 Å². The smallest absolute Gasteiger partial charge is 0.119 e. The zero-order chi connectivity index (χ0) is 24.5. The summed E-state index contributed by atoms with van der Waals surface area (Å²) in [6, 6.07) is 19.3. The summed E-state index contributed by atoms with van der Waals surface area (Å²) in [6.45, 7) is 7.44. The van der Waals surface area contributed by atoms with Crippen molar-refractivity contribution >= 4 is 10.9 Å². The number of ether oxygens (including phenoxy) is 1. The fourth-order valence-corrected chi connectivity index (χ4v) is 4.97. The summed E-state index contributed by atoms with van der Waals surface area (Å²) in [5.41, 5.74) is 6.17. The van der Waals surface area contributed by atoms with E-state index in [2.05, 4.69) is 28.5 Å². The maximum Gasteiger partial charge on any atom is 0.119 e. The van der Waals surface area contributed by atoms with Crippen LogP contribution in [0.15, 0.2) is 60.7 Å². The number of phenolic OH excluding ortho intramolecular Hbond substituents is 2. The lowest BCUT2D eigenvalue weighted by molar-refractivity contribution is 0.0668. The van der Waals surface area contributed by atoms with Crippen molar-refractivity contribution in [2.24, 2.45) is 5.92 Å². The lowest BCUT2D eigenvalue weighted by Gasteiger charge is -2.37. The van der Waals surface area contributed by atoms with Crippen molar-refractivity contribution in [3.63, 3.8) is 0 Å². The van der Waals surface area contributed by atoms with Crippen LogP contribution in [-0.4, -0.2) is 52.6 Å². The van der Waals surface area contributed by atoms with E-state index in [1.54, 1.807) is 12.1 Å². The Bertz CT molecular complexity index is 1340. The number of benzene rings is 3. The van der Waals surface area contributed by atoms with Crippen molar-refractivity contribution in [3.05, 3.63) is 77.4 Å². The number of phenols is 2. The Balaban J connectivity index is 1.38. The first-order valence-electron chi connectivity index (χ1n) is 12.0. The van der Waals surface area contributed by atoms with Gasteiger partial charge >= 0.3 is 0 Å². The molecule has 0 spiro atoms. The lowest BCUT2D eigenvalue weighted by Crippen LogP contribution is -2.49. The number of hydrogen-bond acceptors (Lipinski definition) is 4. The van der Waals surface area contributed by atoms with Gasteiger partial charge in [0.2, 0.25) is 0 Å². The Morgan fingerprint density at radius 3 is 2.46 bits per heavy atom. The van der Waals surface area contributed by atoms with E-state index in [0.29, 0.717) is 13.2 Å². The first-order valence-corrected chi connectivity index (χ1v) is 12.0. The van der Waals surface area contributed by atoms with Crippen LogP contribution in [0.4, 0.5) is 4.39 Å². The highest BCUT2D eigenvalue weighted by Gasteiger charge is 2.25. The summed E-state index contributed by atoms with van der Waals surface area (Å²) in [4.78, 5) is 2.21. The van der Waals surface area contributed by atoms with E-state index in [0.717, 1.165) is 64.2 Å². The maximum absolute atomic E-state index is 12.6. The molecule has 5 nitrogen and oxygen atoms in total. The van der Waals surface area contributed by atoms with Crippen molar-refractivity contribution in [2.45, 2.75) is 20.4 Å². The number of aryl methyl sites for hydroxylation is 2. The van der Waals surface area contributed by atoms with Crippen LogP contribution < -0.4 is 4.74 Å². The van der Waals surface area contributed by atoms with Gasteiger partial charge in [0, 0.05) is 43.0 Å². The molecule has 1 fully saturated rings. The van der Waals surface area contributed by atoms with Crippen LogP contribution in [0.2, 0.25) is 0 Å². The molecular weight excluding hydrogens is 443 g/mol. The molecule has 5 rings (SSSR count). The minimum Gasteiger partial charge on any atom is -0.508 e. The molecule has 0 atom stereocenters. The molecule has 3 aromatic carbocycles. The number of aromatic nitrogens is 1. The van der Waals surface area contributed by atoms with Gasteiger partial charge in [-0.05, 0) is 84.6 Å². The zero-order valence-corrected chi connectivity index (χ0v) is 20.2. The minimum absolute atomic E-state index is 0.196. The largest absolute Gasteiger partial charge is 0.508 e. The summed E-state index contributed by atoms with van der Waals surface area (Å²) in [7, 11) is 0. The van der Waals surface area contributed by atoms with Crippen LogP contribution in [-0.2, 0) is 6.54 Å². The molecule has 1 saturated heterocycles. The van der Waals surface area contributed by atoms with Gasteiger partial charge in [0.1, 0.15) is 23.9 Å². The van der Waals surface area contributed by atoms with Crippen LogP contribution in [0.3, 0.4) is 0 Å². The number of rotatable bonds is 8. The molecule has 0 saturated carbocycles. The minimum atomic E-state index is -0.232. The Labute approximate surface area is 205 Å². The third kappa shape index (κ3) is 4.71. The maximum atomic E-state index is 12.6. The van der Waals surface area contributed by atoms with E-state index >= 15 is 0 Å². The predicted octanol–water partition coefficient (Wildman–Crippen LogP) is 5.66. The Kier molecular flexibility index (Phi) is 6.39. The Hall–Kier alpha value is -3.51. The average molecular weight is 475 g/mol. The molecule has 35 heavy (non-hydrogen) atoms. The molecule has 2 N–H and O–H groups in total. The van der Waals surface area contributed by atoms with E-state index in [-0.39, 0.29) is 24.1 Å². The summed E-state index contributed by atoms with van der Waals surface area (Å²) in [5.74, 6) is 1.54.